The number of nitrogens with one attached hydrogen (secondary N) is 1. The number of piperidine rings is 1. The van der Waals surface area contributed by atoms with Crippen LogP contribution in [0.2, 0.25) is 0 Å². The predicted molar refractivity (Wildman–Crippen MR) is 133 cm³/mol. The minimum atomic E-state index is -3.79. The van der Waals surface area contributed by atoms with Gasteiger partial charge in [0.2, 0.25) is 10.0 Å². The molecule has 1 N–H and O–H groups in total. The fourth-order valence-electron chi connectivity index (χ4n) is 4.43. The lowest BCUT2D eigenvalue weighted by molar-refractivity contribution is 0.0937. The molecule has 1 aliphatic rings. The number of amides is 1. The second kappa shape index (κ2) is 10.3. The van der Waals surface area contributed by atoms with Gasteiger partial charge in [-0.25, -0.2) is 12.8 Å². The van der Waals surface area contributed by atoms with Gasteiger partial charge in [0.25, 0.3) is 5.91 Å². The molecule has 2 aromatic carbocycles. The van der Waals surface area contributed by atoms with E-state index in [1.807, 2.05) is 50.2 Å². The smallest absolute Gasteiger partial charge is 0.253 e. The van der Waals surface area contributed by atoms with E-state index in [9.17, 15) is 17.6 Å². The molecule has 1 unspecified atom stereocenters. The predicted octanol–water partition coefficient (Wildman–Crippen LogP) is 4.90. The van der Waals surface area contributed by atoms with Crippen molar-refractivity contribution in [1.29, 1.82) is 0 Å². The molecule has 0 saturated carbocycles. The van der Waals surface area contributed by atoms with Crippen LogP contribution in [0.15, 0.2) is 65.6 Å². The Morgan fingerprint density at radius 1 is 1.06 bits per heavy atom. The number of aromatic nitrogens is 1. The normalized spacial score (nSPS) is 16.1. The molecule has 3 aromatic rings. The first-order chi connectivity index (χ1) is 16.7. The zero-order chi connectivity index (χ0) is 25.2. The summed E-state index contributed by atoms with van der Waals surface area (Å²) in [6, 6.07) is 17.2. The van der Waals surface area contributed by atoms with Crippen molar-refractivity contribution in [3.8, 4) is 0 Å². The molecule has 35 heavy (non-hydrogen) atoms. The minimum absolute atomic E-state index is 0.0392. The van der Waals surface area contributed by atoms with Crippen LogP contribution >= 0.6 is 0 Å². The average Bonchev–Trinajstić information content (AvgIpc) is 2.86. The Morgan fingerprint density at radius 2 is 1.74 bits per heavy atom. The fraction of sp³-hybridized carbons (Fsp3) is 0.333. The van der Waals surface area contributed by atoms with Crippen LogP contribution in [-0.4, -0.2) is 36.7 Å². The molecule has 0 bridgehead atoms. The van der Waals surface area contributed by atoms with Gasteiger partial charge < -0.3 is 5.32 Å². The molecule has 2 heterocycles. The molecule has 0 aliphatic carbocycles. The van der Waals surface area contributed by atoms with Gasteiger partial charge in [0.05, 0.1) is 22.2 Å². The Bertz CT molecular complexity index is 1320. The molecule has 0 radical (unpaired) electrons. The highest BCUT2D eigenvalue weighted by Crippen LogP contribution is 2.32. The third kappa shape index (κ3) is 5.44. The first kappa shape index (κ1) is 25.0. The maximum absolute atomic E-state index is 14.0. The summed E-state index contributed by atoms with van der Waals surface area (Å²) in [5.41, 5.74) is 3.42. The number of pyridine rings is 1. The molecule has 0 spiro atoms. The molecular formula is C27H30FN3O3S. The topological polar surface area (TPSA) is 79.4 Å². The van der Waals surface area contributed by atoms with Crippen molar-refractivity contribution >= 4 is 15.9 Å². The maximum Gasteiger partial charge on any atom is 0.253 e. The van der Waals surface area contributed by atoms with Crippen LogP contribution in [-0.2, 0) is 10.0 Å². The number of halogens is 1. The fourth-order valence-corrected chi connectivity index (χ4v) is 5.91. The second-order valence-electron chi connectivity index (χ2n) is 9.08. The van der Waals surface area contributed by atoms with Gasteiger partial charge in [-0.05, 0) is 69.0 Å². The van der Waals surface area contributed by atoms with Gasteiger partial charge in [-0.2, -0.15) is 4.31 Å². The van der Waals surface area contributed by atoms with Crippen molar-refractivity contribution in [3.05, 3.63) is 94.6 Å². The first-order valence-corrected chi connectivity index (χ1v) is 13.2. The Hall–Kier alpha value is -3.10. The van der Waals surface area contributed by atoms with Gasteiger partial charge in [-0.1, -0.05) is 36.4 Å². The van der Waals surface area contributed by atoms with Crippen LogP contribution in [0.3, 0.4) is 0 Å². The van der Waals surface area contributed by atoms with E-state index in [4.69, 9.17) is 0 Å². The van der Waals surface area contributed by atoms with Gasteiger partial charge in [0.1, 0.15) is 5.82 Å². The summed E-state index contributed by atoms with van der Waals surface area (Å²) in [6.07, 6.45) is 1.05. The number of carbonyl (C=O) groups is 1. The summed E-state index contributed by atoms with van der Waals surface area (Å²) < 4.78 is 41.5. The largest absolute Gasteiger partial charge is 0.345 e. The maximum atomic E-state index is 14.0. The molecule has 1 fully saturated rings. The Labute approximate surface area is 206 Å². The lowest BCUT2D eigenvalue weighted by Crippen LogP contribution is -2.38. The van der Waals surface area contributed by atoms with Crippen molar-refractivity contribution in [2.45, 2.75) is 50.5 Å². The van der Waals surface area contributed by atoms with E-state index in [-0.39, 0.29) is 35.9 Å². The standard InChI is InChI=1S/C27H30FN3O3S/c1-18-9-11-23(17-25(18)28)35(33,34)31-15-13-22(14-16-31)26-24(12-10-19(2)29-26)27(32)30-20(3)21-7-5-4-6-8-21/h4-12,17,20,22H,13-16H2,1-3H3,(H,30,32). The van der Waals surface area contributed by atoms with Gasteiger partial charge in [-0.3, -0.25) is 9.78 Å². The highest BCUT2D eigenvalue weighted by atomic mass is 32.2. The molecular weight excluding hydrogens is 465 g/mol. The van der Waals surface area contributed by atoms with E-state index in [1.54, 1.807) is 13.0 Å². The highest BCUT2D eigenvalue weighted by Gasteiger charge is 2.32. The molecule has 4 rings (SSSR count). The monoisotopic (exact) mass is 495 g/mol. The Kier molecular flexibility index (Phi) is 7.33. The van der Waals surface area contributed by atoms with E-state index in [0.717, 1.165) is 17.3 Å². The van der Waals surface area contributed by atoms with E-state index >= 15 is 0 Å². The van der Waals surface area contributed by atoms with Crippen LogP contribution in [0.1, 0.15) is 64.6 Å². The number of rotatable bonds is 6. The first-order valence-electron chi connectivity index (χ1n) is 11.8. The van der Waals surface area contributed by atoms with E-state index < -0.39 is 15.8 Å². The van der Waals surface area contributed by atoms with Gasteiger partial charge in [-0.15, -0.1) is 0 Å². The average molecular weight is 496 g/mol. The molecule has 1 atom stereocenters. The number of benzene rings is 2. The van der Waals surface area contributed by atoms with Crippen molar-refractivity contribution in [1.82, 2.24) is 14.6 Å². The third-order valence-corrected chi connectivity index (χ3v) is 8.47. The zero-order valence-electron chi connectivity index (χ0n) is 20.2. The highest BCUT2D eigenvalue weighted by molar-refractivity contribution is 7.89. The summed E-state index contributed by atoms with van der Waals surface area (Å²) in [6.45, 7) is 5.97. The van der Waals surface area contributed by atoms with Crippen LogP contribution in [0, 0.1) is 19.7 Å². The van der Waals surface area contributed by atoms with Crippen molar-refractivity contribution < 1.29 is 17.6 Å². The van der Waals surface area contributed by atoms with Crippen molar-refractivity contribution in [2.24, 2.45) is 0 Å². The van der Waals surface area contributed by atoms with Gasteiger partial charge >= 0.3 is 0 Å². The number of hydrogen-bond acceptors (Lipinski definition) is 4. The molecule has 1 amide bonds. The third-order valence-electron chi connectivity index (χ3n) is 6.58. The Morgan fingerprint density at radius 3 is 2.40 bits per heavy atom. The summed E-state index contributed by atoms with van der Waals surface area (Å²) in [5.74, 6) is -0.789. The summed E-state index contributed by atoms with van der Waals surface area (Å²) in [7, 11) is -3.79. The van der Waals surface area contributed by atoms with Crippen LogP contribution in [0.25, 0.3) is 0 Å². The second-order valence-corrected chi connectivity index (χ2v) is 11.0. The number of sulfonamides is 1. The lowest BCUT2D eigenvalue weighted by atomic mass is 9.90. The van der Waals surface area contributed by atoms with Gasteiger partial charge in [0, 0.05) is 24.7 Å². The summed E-state index contributed by atoms with van der Waals surface area (Å²) >= 11 is 0. The number of carbonyl (C=O) groups excluding carboxylic acids is 1. The number of aryl methyl sites for hydroxylation is 2. The molecule has 6 nitrogen and oxygen atoms in total. The van der Waals surface area contributed by atoms with Gasteiger partial charge in [0.15, 0.2) is 0 Å². The van der Waals surface area contributed by atoms with Crippen LogP contribution in [0.4, 0.5) is 4.39 Å². The van der Waals surface area contributed by atoms with E-state index in [2.05, 4.69) is 10.3 Å². The van der Waals surface area contributed by atoms with Crippen molar-refractivity contribution in [3.63, 3.8) is 0 Å². The molecule has 1 saturated heterocycles. The van der Waals surface area contributed by atoms with E-state index in [1.165, 1.54) is 16.4 Å². The minimum Gasteiger partial charge on any atom is -0.345 e. The number of nitrogens with zero attached hydrogens (tertiary/aromatic N) is 2. The van der Waals surface area contributed by atoms with Crippen LogP contribution in [0.5, 0.6) is 0 Å². The quantitative estimate of drug-likeness (QED) is 0.528. The molecule has 1 aliphatic heterocycles. The van der Waals surface area contributed by atoms with E-state index in [0.29, 0.717) is 29.7 Å². The molecule has 184 valence electrons. The number of hydrogen-bond donors (Lipinski definition) is 1. The van der Waals surface area contributed by atoms with Crippen LogP contribution < -0.4 is 5.32 Å². The SMILES string of the molecule is Cc1ccc(C(=O)NC(C)c2ccccc2)c(C2CCN(S(=O)(=O)c3ccc(C)c(F)c3)CC2)n1. The Balaban J connectivity index is 1.50. The molecule has 8 heteroatoms. The summed E-state index contributed by atoms with van der Waals surface area (Å²) in [4.78, 5) is 17.8. The summed E-state index contributed by atoms with van der Waals surface area (Å²) in [5, 5.41) is 3.06. The lowest BCUT2D eigenvalue weighted by Gasteiger charge is -2.32. The zero-order valence-corrected chi connectivity index (χ0v) is 21.0. The van der Waals surface area contributed by atoms with Crippen molar-refractivity contribution in [2.75, 3.05) is 13.1 Å². The molecule has 1 aromatic heterocycles.